The minimum Gasteiger partial charge on any atom is -0.354 e. The van der Waals surface area contributed by atoms with Gasteiger partial charge in [-0.25, -0.2) is 4.98 Å². The summed E-state index contributed by atoms with van der Waals surface area (Å²) in [4.78, 5) is 18.8. The zero-order chi connectivity index (χ0) is 17.5. The lowest BCUT2D eigenvalue weighted by Crippen LogP contribution is -2.49. The Morgan fingerprint density at radius 1 is 1.36 bits per heavy atom. The van der Waals surface area contributed by atoms with E-state index in [9.17, 15) is 4.79 Å². The molecule has 1 aliphatic heterocycles. The lowest BCUT2D eigenvalue weighted by Gasteiger charge is -2.36. The maximum atomic E-state index is 12.5. The van der Waals surface area contributed by atoms with E-state index in [0.717, 1.165) is 32.5 Å². The largest absolute Gasteiger partial charge is 0.354 e. The predicted octanol–water partition coefficient (Wildman–Crippen LogP) is 1.74. The Hall–Kier alpha value is -2.21. The minimum absolute atomic E-state index is 0.0886. The van der Waals surface area contributed by atoms with Gasteiger partial charge in [-0.2, -0.15) is 5.10 Å². The average Bonchev–Trinajstić information content (AvgIpc) is 3.15. The highest BCUT2D eigenvalue weighted by Gasteiger charge is 2.27. The molecule has 1 N–H and O–H groups in total. The summed E-state index contributed by atoms with van der Waals surface area (Å²) in [5.41, 5.74) is 1.25. The Labute approximate surface area is 149 Å². The Kier molecular flexibility index (Phi) is 6.17. The standard InChI is InChI=1S/C19H27N5O/c1-16(19(25)21-10-9-17-6-3-2-4-7-17)23-11-5-8-18(12-23)13-24-15-20-14-22-24/h2-4,6-7,14-16,18H,5,8-13H2,1H3,(H,21,25). The Morgan fingerprint density at radius 2 is 2.20 bits per heavy atom. The average molecular weight is 341 g/mol. The zero-order valence-electron chi connectivity index (χ0n) is 14.8. The number of likely N-dealkylation sites (tertiary alicyclic amines) is 1. The summed E-state index contributed by atoms with van der Waals surface area (Å²) in [5, 5.41) is 7.27. The normalized spacial score (nSPS) is 19.5. The molecule has 0 spiro atoms. The third-order valence-corrected chi connectivity index (χ3v) is 4.95. The van der Waals surface area contributed by atoms with Gasteiger partial charge in [-0.05, 0) is 44.2 Å². The van der Waals surface area contributed by atoms with Crippen LogP contribution in [0.2, 0.25) is 0 Å². The van der Waals surface area contributed by atoms with E-state index in [1.54, 1.807) is 12.7 Å². The fraction of sp³-hybridized carbons (Fsp3) is 0.526. The SMILES string of the molecule is CC(C(=O)NCCc1ccccc1)N1CCCC(Cn2cncn2)C1. The van der Waals surface area contributed by atoms with Crippen molar-refractivity contribution < 1.29 is 4.79 Å². The Balaban J connectivity index is 1.44. The molecule has 1 aromatic carbocycles. The smallest absolute Gasteiger partial charge is 0.237 e. The molecular weight excluding hydrogens is 314 g/mol. The monoisotopic (exact) mass is 341 g/mol. The highest BCUT2D eigenvalue weighted by atomic mass is 16.2. The Bertz CT molecular complexity index is 643. The number of amides is 1. The van der Waals surface area contributed by atoms with E-state index in [4.69, 9.17) is 0 Å². The molecule has 0 bridgehead atoms. The molecule has 6 heteroatoms. The molecular formula is C19H27N5O. The summed E-state index contributed by atoms with van der Waals surface area (Å²) in [6.07, 6.45) is 6.51. The molecule has 1 amide bonds. The molecule has 1 aliphatic rings. The molecule has 2 atom stereocenters. The summed E-state index contributed by atoms with van der Waals surface area (Å²) >= 11 is 0. The molecule has 2 unspecified atom stereocenters. The molecule has 1 saturated heterocycles. The van der Waals surface area contributed by atoms with Crippen molar-refractivity contribution >= 4 is 5.91 Å². The van der Waals surface area contributed by atoms with E-state index >= 15 is 0 Å². The van der Waals surface area contributed by atoms with E-state index in [2.05, 4.69) is 32.4 Å². The van der Waals surface area contributed by atoms with Gasteiger partial charge in [0.15, 0.2) is 0 Å². The van der Waals surface area contributed by atoms with Crippen molar-refractivity contribution in [2.75, 3.05) is 19.6 Å². The van der Waals surface area contributed by atoms with Gasteiger partial charge < -0.3 is 5.32 Å². The van der Waals surface area contributed by atoms with Gasteiger partial charge >= 0.3 is 0 Å². The van der Waals surface area contributed by atoms with Crippen molar-refractivity contribution in [2.45, 2.75) is 38.8 Å². The van der Waals surface area contributed by atoms with Gasteiger partial charge in [-0.3, -0.25) is 14.4 Å². The molecule has 3 rings (SSSR count). The minimum atomic E-state index is -0.0886. The molecule has 134 valence electrons. The van der Waals surface area contributed by atoms with Crippen LogP contribution in [0.4, 0.5) is 0 Å². The van der Waals surface area contributed by atoms with E-state index < -0.39 is 0 Å². The van der Waals surface area contributed by atoms with Crippen LogP contribution in [0.3, 0.4) is 0 Å². The van der Waals surface area contributed by atoms with Crippen LogP contribution in [-0.2, 0) is 17.8 Å². The molecule has 2 aromatic rings. The molecule has 0 radical (unpaired) electrons. The van der Waals surface area contributed by atoms with Crippen molar-refractivity contribution in [3.8, 4) is 0 Å². The van der Waals surface area contributed by atoms with Crippen LogP contribution in [0.15, 0.2) is 43.0 Å². The van der Waals surface area contributed by atoms with E-state index in [-0.39, 0.29) is 11.9 Å². The lowest BCUT2D eigenvalue weighted by molar-refractivity contribution is -0.126. The summed E-state index contributed by atoms with van der Waals surface area (Å²) < 4.78 is 1.89. The predicted molar refractivity (Wildman–Crippen MR) is 96.9 cm³/mol. The molecule has 2 heterocycles. The summed E-state index contributed by atoms with van der Waals surface area (Å²) in [7, 11) is 0. The van der Waals surface area contributed by atoms with E-state index in [1.165, 1.54) is 12.0 Å². The second-order valence-electron chi connectivity index (χ2n) is 6.82. The van der Waals surface area contributed by atoms with Crippen molar-refractivity contribution in [2.24, 2.45) is 5.92 Å². The van der Waals surface area contributed by atoms with E-state index in [0.29, 0.717) is 12.5 Å². The van der Waals surface area contributed by atoms with Gasteiger partial charge in [0.2, 0.25) is 5.91 Å². The van der Waals surface area contributed by atoms with Crippen molar-refractivity contribution in [3.63, 3.8) is 0 Å². The first-order valence-corrected chi connectivity index (χ1v) is 9.10. The number of carbonyl (C=O) groups excluding carboxylic acids is 1. The summed E-state index contributed by atoms with van der Waals surface area (Å²) in [6.45, 7) is 5.49. The highest BCUT2D eigenvalue weighted by Crippen LogP contribution is 2.20. The second kappa shape index (κ2) is 8.76. The van der Waals surface area contributed by atoms with Crippen molar-refractivity contribution in [3.05, 3.63) is 48.5 Å². The van der Waals surface area contributed by atoms with Gasteiger partial charge in [-0.1, -0.05) is 30.3 Å². The molecule has 1 fully saturated rings. The molecule has 25 heavy (non-hydrogen) atoms. The van der Waals surface area contributed by atoms with Gasteiger partial charge in [-0.15, -0.1) is 0 Å². The number of rotatable bonds is 7. The number of aromatic nitrogens is 3. The third-order valence-electron chi connectivity index (χ3n) is 4.95. The van der Waals surface area contributed by atoms with Crippen LogP contribution in [0.25, 0.3) is 0 Å². The zero-order valence-corrected chi connectivity index (χ0v) is 14.8. The maximum Gasteiger partial charge on any atom is 0.237 e. The second-order valence-corrected chi connectivity index (χ2v) is 6.82. The third kappa shape index (κ3) is 5.13. The molecule has 0 aliphatic carbocycles. The fourth-order valence-corrected chi connectivity index (χ4v) is 3.48. The van der Waals surface area contributed by atoms with Crippen molar-refractivity contribution in [1.29, 1.82) is 0 Å². The van der Waals surface area contributed by atoms with Crippen LogP contribution < -0.4 is 5.32 Å². The lowest BCUT2D eigenvalue weighted by atomic mass is 9.96. The van der Waals surface area contributed by atoms with Crippen LogP contribution in [0.5, 0.6) is 0 Å². The van der Waals surface area contributed by atoms with Crippen LogP contribution in [-0.4, -0.2) is 51.2 Å². The van der Waals surface area contributed by atoms with Gasteiger partial charge in [0, 0.05) is 19.6 Å². The van der Waals surface area contributed by atoms with Crippen LogP contribution in [0.1, 0.15) is 25.3 Å². The topological polar surface area (TPSA) is 63.1 Å². The van der Waals surface area contributed by atoms with Gasteiger partial charge in [0.05, 0.1) is 6.04 Å². The quantitative estimate of drug-likeness (QED) is 0.833. The van der Waals surface area contributed by atoms with Gasteiger partial charge in [0.25, 0.3) is 0 Å². The first-order valence-electron chi connectivity index (χ1n) is 9.10. The molecule has 1 aromatic heterocycles. The molecule has 6 nitrogen and oxygen atoms in total. The van der Waals surface area contributed by atoms with Gasteiger partial charge in [0.1, 0.15) is 12.7 Å². The number of nitrogens with zero attached hydrogens (tertiary/aromatic N) is 4. The van der Waals surface area contributed by atoms with Crippen LogP contribution in [0, 0.1) is 5.92 Å². The first-order chi connectivity index (χ1) is 12.2. The fourth-order valence-electron chi connectivity index (χ4n) is 3.48. The summed E-state index contributed by atoms with van der Waals surface area (Å²) in [6, 6.07) is 10.2. The number of nitrogens with one attached hydrogen (secondary N) is 1. The first kappa shape index (κ1) is 17.6. The number of piperidine rings is 1. The number of benzene rings is 1. The molecule has 0 saturated carbocycles. The maximum absolute atomic E-state index is 12.5. The number of hydrogen-bond acceptors (Lipinski definition) is 4. The van der Waals surface area contributed by atoms with Crippen LogP contribution >= 0.6 is 0 Å². The van der Waals surface area contributed by atoms with Crippen molar-refractivity contribution in [1.82, 2.24) is 25.0 Å². The van der Waals surface area contributed by atoms with E-state index in [1.807, 2.05) is 29.8 Å². The number of hydrogen-bond donors (Lipinski definition) is 1. The Morgan fingerprint density at radius 3 is 2.96 bits per heavy atom. The summed E-state index contributed by atoms with van der Waals surface area (Å²) in [5.74, 6) is 0.646. The highest BCUT2D eigenvalue weighted by molar-refractivity contribution is 5.81. The number of carbonyl (C=O) groups is 1.